The van der Waals surface area contributed by atoms with E-state index in [4.69, 9.17) is 0 Å². The lowest BCUT2D eigenvalue weighted by Gasteiger charge is -2.53. The van der Waals surface area contributed by atoms with Gasteiger partial charge in [0.2, 0.25) is 0 Å². The van der Waals surface area contributed by atoms with E-state index in [1.54, 1.807) is 0 Å². The normalized spacial score (nSPS) is 39.6. The van der Waals surface area contributed by atoms with Crippen LogP contribution in [0.3, 0.4) is 0 Å². The van der Waals surface area contributed by atoms with Crippen LogP contribution in [0.25, 0.3) is 0 Å². The number of nitrogens with one attached hydrogen (secondary N) is 1. The molecular formula is C14H26N2. The van der Waals surface area contributed by atoms with Crippen LogP contribution < -0.4 is 5.32 Å². The van der Waals surface area contributed by atoms with Gasteiger partial charge in [-0.05, 0) is 57.5 Å². The van der Waals surface area contributed by atoms with Gasteiger partial charge in [0, 0.05) is 17.6 Å². The molecule has 1 unspecified atom stereocenters. The lowest BCUT2D eigenvalue weighted by molar-refractivity contribution is -0.00755. The van der Waals surface area contributed by atoms with E-state index in [2.05, 4.69) is 24.1 Å². The first kappa shape index (κ1) is 11.0. The maximum atomic E-state index is 4.00. The number of nitrogens with zero attached hydrogens (tertiary/aromatic N) is 1. The summed E-state index contributed by atoms with van der Waals surface area (Å²) in [5.41, 5.74) is 0.615. The lowest BCUT2D eigenvalue weighted by Crippen LogP contribution is -2.65. The molecule has 4 aliphatic rings. The average Bonchev–Trinajstić information content (AvgIpc) is 3.11. The number of hydrogen-bond donors (Lipinski definition) is 1. The molecule has 1 spiro atoms. The van der Waals surface area contributed by atoms with Crippen molar-refractivity contribution in [3.63, 3.8) is 0 Å². The topological polar surface area (TPSA) is 15.3 Å². The SMILES string of the molecule is CCC(CC)NC1C2CCN(CC2)C12CC2. The highest BCUT2D eigenvalue weighted by Crippen LogP contribution is 2.53. The van der Waals surface area contributed by atoms with E-state index in [1.165, 1.54) is 51.6 Å². The summed E-state index contributed by atoms with van der Waals surface area (Å²) >= 11 is 0. The van der Waals surface area contributed by atoms with Crippen molar-refractivity contribution in [2.45, 2.75) is 70.0 Å². The number of hydrogen-bond acceptors (Lipinski definition) is 2. The van der Waals surface area contributed by atoms with Crippen LogP contribution in [-0.2, 0) is 0 Å². The Bertz CT molecular complexity index is 247. The minimum atomic E-state index is 0.615. The van der Waals surface area contributed by atoms with Gasteiger partial charge < -0.3 is 5.32 Å². The predicted molar refractivity (Wildman–Crippen MR) is 67.6 cm³/mol. The summed E-state index contributed by atoms with van der Waals surface area (Å²) in [5, 5.41) is 4.00. The maximum absolute atomic E-state index is 4.00. The van der Waals surface area contributed by atoms with Crippen LogP contribution >= 0.6 is 0 Å². The molecule has 0 aromatic rings. The lowest BCUT2D eigenvalue weighted by atomic mass is 9.76. The Balaban J connectivity index is 1.73. The van der Waals surface area contributed by atoms with Gasteiger partial charge in [-0.2, -0.15) is 0 Å². The van der Waals surface area contributed by atoms with Crippen LogP contribution in [-0.4, -0.2) is 35.6 Å². The molecule has 4 fully saturated rings. The van der Waals surface area contributed by atoms with Crippen molar-refractivity contribution in [1.82, 2.24) is 10.2 Å². The summed E-state index contributed by atoms with van der Waals surface area (Å²) in [6, 6.07) is 1.57. The van der Waals surface area contributed by atoms with Crippen LogP contribution in [0, 0.1) is 5.92 Å². The monoisotopic (exact) mass is 222 g/mol. The summed E-state index contributed by atoms with van der Waals surface area (Å²) in [5.74, 6) is 0.980. The van der Waals surface area contributed by atoms with Gasteiger partial charge in [-0.15, -0.1) is 0 Å². The minimum Gasteiger partial charge on any atom is -0.309 e. The second-order valence-corrected chi connectivity index (χ2v) is 6.09. The quantitative estimate of drug-likeness (QED) is 0.786. The van der Waals surface area contributed by atoms with Gasteiger partial charge in [-0.25, -0.2) is 0 Å². The Hall–Kier alpha value is -0.0800. The van der Waals surface area contributed by atoms with Crippen molar-refractivity contribution in [1.29, 1.82) is 0 Å². The molecule has 3 aliphatic heterocycles. The van der Waals surface area contributed by atoms with Crippen LogP contribution in [0.4, 0.5) is 0 Å². The Morgan fingerprint density at radius 1 is 1.19 bits per heavy atom. The molecule has 1 aliphatic carbocycles. The molecule has 2 nitrogen and oxygen atoms in total. The van der Waals surface area contributed by atoms with Crippen LogP contribution in [0.5, 0.6) is 0 Å². The molecule has 0 amide bonds. The molecule has 16 heavy (non-hydrogen) atoms. The molecule has 0 aromatic carbocycles. The van der Waals surface area contributed by atoms with Crippen LogP contribution in [0.2, 0.25) is 0 Å². The molecule has 3 saturated heterocycles. The van der Waals surface area contributed by atoms with Crippen LogP contribution in [0.1, 0.15) is 52.4 Å². The van der Waals surface area contributed by atoms with Gasteiger partial charge in [0.1, 0.15) is 0 Å². The second-order valence-electron chi connectivity index (χ2n) is 6.09. The Labute approximate surface area is 99.8 Å². The van der Waals surface area contributed by atoms with Crippen LogP contribution in [0.15, 0.2) is 0 Å². The van der Waals surface area contributed by atoms with E-state index in [0.717, 1.165) is 18.0 Å². The third-order valence-corrected chi connectivity index (χ3v) is 5.38. The second kappa shape index (κ2) is 3.99. The van der Waals surface area contributed by atoms with Crippen molar-refractivity contribution in [3.05, 3.63) is 0 Å². The van der Waals surface area contributed by atoms with Crippen molar-refractivity contribution in [2.75, 3.05) is 13.1 Å². The first-order valence-electron chi connectivity index (χ1n) is 7.31. The summed E-state index contributed by atoms with van der Waals surface area (Å²) < 4.78 is 0. The van der Waals surface area contributed by atoms with E-state index in [9.17, 15) is 0 Å². The van der Waals surface area contributed by atoms with E-state index in [-0.39, 0.29) is 0 Å². The smallest absolute Gasteiger partial charge is 0.0366 e. The molecule has 3 heterocycles. The Morgan fingerprint density at radius 3 is 2.31 bits per heavy atom. The highest BCUT2D eigenvalue weighted by molar-refractivity contribution is 5.18. The van der Waals surface area contributed by atoms with Gasteiger partial charge in [0.25, 0.3) is 0 Å². The van der Waals surface area contributed by atoms with Crippen molar-refractivity contribution < 1.29 is 0 Å². The maximum Gasteiger partial charge on any atom is 0.0366 e. The molecular weight excluding hydrogens is 196 g/mol. The predicted octanol–water partition coefficient (Wildman–Crippen LogP) is 2.39. The Morgan fingerprint density at radius 2 is 1.81 bits per heavy atom. The van der Waals surface area contributed by atoms with E-state index in [0.29, 0.717) is 5.54 Å². The molecule has 2 heteroatoms. The molecule has 92 valence electrons. The zero-order valence-electron chi connectivity index (χ0n) is 10.8. The largest absolute Gasteiger partial charge is 0.309 e. The molecule has 1 saturated carbocycles. The number of piperidine rings is 3. The molecule has 0 aromatic heterocycles. The average molecular weight is 222 g/mol. The fraction of sp³-hybridized carbons (Fsp3) is 1.00. The van der Waals surface area contributed by atoms with Crippen molar-refractivity contribution in [3.8, 4) is 0 Å². The number of rotatable bonds is 4. The third kappa shape index (κ3) is 1.53. The Kier molecular flexibility index (Phi) is 2.75. The summed E-state index contributed by atoms with van der Waals surface area (Å²) in [7, 11) is 0. The first-order chi connectivity index (χ1) is 7.80. The summed E-state index contributed by atoms with van der Waals surface area (Å²) in [4.78, 5) is 2.80. The van der Waals surface area contributed by atoms with Gasteiger partial charge >= 0.3 is 0 Å². The molecule has 4 rings (SSSR count). The fourth-order valence-electron chi connectivity index (χ4n) is 4.14. The van der Waals surface area contributed by atoms with Crippen molar-refractivity contribution >= 4 is 0 Å². The van der Waals surface area contributed by atoms with Crippen molar-refractivity contribution in [2.24, 2.45) is 5.92 Å². The minimum absolute atomic E-state index is 0.615. The summed E-state index contributed by atoms with van der Waals surface area (Å²) in [6.07, 6.45) is 8.38. The zero-order valence-corrected chi connectivity index (χ0v) is 10.8. The molecule has 0 radical (unpaired) electrons. The van der Waals surface area contributed by atoms with Gasteiger partial charge in [-0.3, -0.25) is 4.90 Å². The molecule has 1 N–H and O–H groups in total. The van der Waals surface area contributed by atoms with Gasteiger partial charge in [0.15, 0.2) is 0 Å². The van der Waals surface area contributed by atoms with Gasteiger partial charge in [0.05, 0.1) is 0 Å². The first-order valence-corrected chi connectivity index (χ1v) is 7.31. The highest BCUT2D eigenvalue weighted by Gasteiger charge is 2.60. The van der Waals surface area contributed by atoms with Gasteiger partial charge in [-0.1, -0.05) is 13.8 Å². The summed E-state index contributed by atoms with van der Waals surface area (Å²) in [6.45, 7) is 7.40. The zero-order chi connectivity index (χ0) is 11.2. The third-order valence-electron chi connectivity index (χ3n) is 5.38. The molecule has 1 atom stereocenters. The van der Waals surface area contributed by atoms with E-state index in [1.807, 2.05) is 0 Å². The standard InChI is InChI=1S/C14H26N2/c1-3-12(4-2)15-13-11-5-9-16(10-6-11)14(13)7-8-14/h11-13,15H,3-10H2,1-2H3. The molecule has 2 bridgehead atoms. The van der Waals surface area contributed by atoms with E-state index >= 15 is 0 Å². The highest BCUT2D eigenvalue weighted by atomic mass is 15.3. The fourth-order valence-corrected chi connectivity index (χ4v) is 4.14. The number of fused-ring (bicyclic) bond motifs is 2. The van der Waals surface area contributed by atoms with E-state index < -0.39 is 0 Å².